The lowest BCUT2D eigenvalue weighted by molar-refractivity contribution is -0.0287. The fraction of sp³-hybridized carbons (Fsp3) is 0.862. The summed E-state index contributed by atoms with van der Waals surface area (Å²) in [7, 11) is 0. The number of hydrogen-bond donors (Lipinski definition) is 1. The summed E-state index contributed by atoms with van der Waals surface area (Å²) in [6, 6.07) is 0. The first-order valence-corrected chi connectivity index (χ1v) is 13.2. The van der Waals surface area contributed by atoms with Crippen LogP contribution in [0.5, 0.6) is 0 Å². The standard InChI is InChI=1S/C29H48O/c1-18(2)19(3)8-9-20(4)23-12-13-25-22-10-11-24-21(5)27(30)15-17-29(24,7)26(22)14-16-28(23,25)6/h13,18-21,23-24,27,30H,8-12,14-17H2,1-7H3/t19?,20-,21+,23-,24?,27+,28-,29+/m1/s1. The van der Waals surface area contributed by atoms with Crippen molar-refractivity contribution < 1.29 is 5.11 Å². The van der Waals surface area contributed by atoms with Gasteiger partial charge < -0.3 is 5.11 Å². The van der Waals surface area contributed by atoms with Gasteiger partial charge in [0, 0.05) is 0 Å². The number of hydrogen-bond acceptors (Lipinski definition) is 1. The Morgan fingerprint density at radius 3 is 2.43 bits per heavy atom. The molecule has 1 heteroatoms. The van der Waals surface area contributed by atoms with Crippen LogP contribution in [0.15, 0.2) is 22.8 Å². The smallest absolute Gasteiger partial charge is 0.0569 e. The van der Waals surface area contributed by atoms with Crippen molar-refractivity contribution >= 4 is 0 Å². The second-order valence-corrected chi connectivity index (χ2v) is 12.6. The van der Waals surface area contributed by atoms with Crippen molar-refractivity contribution in [2.24, 2.45) is 46.3 Å². The van der Waals surface area contributed by atoms with Crippen molar-refractivity contribution in [1.82, 2.24) is 0 Å². The molecule has 0 spiro atoms. The topological polar surface area (TPSA) is 20.2 Å². The Morgan fingerprint density at radius 1 is 1.00 bits per heavy atom. The zero-order valence-corrected chi connectivity index (χ0v) is 20.9. The molecule has 1 nitrogen and oxygen atoms in total. The highest BCUT2D eigenvalue weighted by Crippen LogP contribution is 2.64. The third-order valence-corrected chi connectivity index (χ3v) is 10.9. The first-order valence-electron chi connectivity index (χ1n) is 13.2. The van der Waals surface area contributed by atoms with Crippen LogP contribution < -0.4 is 0 Å². The highest BCUT2D eigenvalue weighted by Gasteiger charge is 2.54. The number of allylic oxidation sites excluding steroid dienone is 4. The monoisotopic (exact) mass is 412 g/mol. The molecule has 1 N–H and O–H groups in total. The molecule has 1 saturated carbocycles. The van der Waals surface area contributed by atoms with Crippen LogP contribution in [0.2, 0.25) is 0 Å². The highest BCUT2D eigenvalue weighted by molar-refractivity contribution is 5.49. The van der Waals surface area contributed by atoms with Gasteiger partial charge in [0.1, 0.15) is 0 Å². The Hall–Kier alpha value is -0.560. The van der Waals surface area contributed by atoms with Crippen molar-refractivity contribution in [2.75, 3.05) is 0 Å². The van der Waals surface area contributed by atoms with E-state index < -0.39 is 0 Å². The molecule has 0 aromatic heterocycles. The average Bonchev–Trinajstić information content (AvgIpc) is 3.06. The summed E-state index contributed by atoms with van der Waals surface area (Å²) < 4.78 is 0. The number of aliphatic hydroxyl groups is 1. The molecule has 0 aliphatic heterocycles. The molecule has 0 aromatic rings. The Morgan fingerprint density at radius 2 is 1.73 bits per heavy atom. The summed E-state index contributed by atoms with van der Waals surface area (Å²) in [6.45, 7) is 17.2. The molecule has 0 amide bonds. The van der Waals surface area contributed by atoms with Crippen molar-refractivity contribution in [3.05, 3.63) is 22.8 Å². The summed E-state index contributed by atoms with van der Waals surface area (Å²) in [5.41, 5.74) is 6.09. The summed E-state index contributed by atoms with van der Waals surface area (Å²) >= 11 is 0. The maximum Gasteiger partial charge on any atom is 0.0569 e. The lowest BCUT2D eigenvalue weighted by Gasteiger charge is -2.55. The molecular formula is C29H48O. The number of aliphatic hydroxyl groups excluding tert-OH is 1. The second-order valence-electron chi connectivity index (χ2n) is 12.6. The zero-order valence-electron chi connectivity index (χ0n) is 20.9. The molecule has 0 heterocycles. The van der Waals surface area contributed by atoms with Crippen LogP contribution in [0.25, 0.3) is 0 Å². The van der Waals surface area contributed by atoms with Gasteiger partial charge in [-0.2, -0.15) is 0 Å². The van der Waals surface area contributed by atoms with Gasteiger partial charge in [0.05, 0.1) is 6.10 Å². The third kappa shape index (κ3) is 3.46. The summed E-state index contributed by atoms with van der Waals surface area (Å²) in [4.78, 5) is 0. The first-order chi connectivity index (χ1) is 14.1. The SMILES string of the molecule is CC(C)C(C)CC[C@@H](C)[C@H]1CC=C2C3=C(CC[C@@]21C)[C@@]1(C)CC[C@H](O)[C@@H](C)C1CC3. The van der Waals surface area contributed by atoms with Gasteiger partial charge in [-0.25, -0.2) is 0 Å². The van der Waals surface area contributed by atoms with E-state index in [1.165, 1.54) is 51.4 Å². The minimum Gasteiger partial charge on any atom is -0.393 e. The van der Waals surface area contributed by atoms with E-state index in [0.29, 0.717) is 22.7 Å². The summed E-state index contributed by atoms with van der Waals surface area (Å²) in [5.74, 6) is 4.44. The molecule has 2 unspecified atom stereocenters. The van der Waals surface area contributed by atoms with E-state index in [9.17, 15) is 5.11 Å². The van der Waals surface area contributed by atoms with Crippen molar-refractivity contribution in [3.8, 4) is 0 Å². The van der Waals surface area contributed by atoms with Crippen LogP contribution in [0.4, 0.5) is 0 Å². The predicted molar refractivity (Wildman–Crippen MR) is 128 cm³/mol. The number of fused-ring (bicyclic) bond motifs is 4. The lowest BCUT2D eigenvalue weighted by Crippen LogP contribution is -2.48. The molecule has 4 aliphatic carbocycles. The van der Waals surface area contributed by atoms with E-state index in [1.54, 1.807) is 11.1 Å². The van der Waals surface area contributed by atoms with E-state index in [4.69, 9.17) is 0 Å². The molecule has 1 fully saturated rings. The van der Waals surface area contributed by atoms with Gasteiger partial charge in [0.25, 0.3) is 0 Å². The van der Waals surface area contributed by atoms with Crippen molar-refractivity contribution in [2.45, 2.75) is 112 Å². The lowest BCUT2D eigenvalue weighted by atomic mass is 9.49. The largest absolute Gasteiger partial charge is 0.393 e. The van der Waals surface area contributed by atoms with Crippen LogP contribution in [0.3, 0.4) is 0 Å². The fourth-order valence-electron chi connectivity index (χ4n) is 8.26. The molecule has 30 heavy (non-hydrogen) atoms. The van der Waals surface area contributed by atoms with E-state index in [2.05, 4.69) is 54.5 Å². The van der Waals surface area contributed by atoms with E-state index in [1.807, 2.05) is 5.57 Å². The van der Waals surface area contributed by atoms with Crippen molar-refractivity contribution in [1.29, 1.82) is 0 Å². The van der Waals surface area contributed by atoms with E-state index in [-0.39, 0.29) is 6.10 Å². The quantitative estimate of drug-likeness (QED) is 0.486. The van der Waals surface area contributed by atoms with E-state index >= 15 is 0 Å². The Balaban J connectivity index is 1.55. The predicted octanol–water partition coefficient (Wildman–Crippen LogP) is 7.94. The average molecular weight is 413 g/mol. The van der Waals surface area contributed by atoms with Gasteiger partial charge in [0.2, 0.25) is 0 Å². The molecule has 8 atom stereocenters. The number of rotatable bonds is 5. The van der Waals surface area contributed by atoms with Crippen LogP contribution in [-0.4, -0.2) is 11.2 Å². The minimum absolute atomic E-state index is 0.0803. The Kier molecular flexibility index (Phi) is 6.10. The minimum atomic E-state index is -0.0803. The first kappa shape index (κ1) is 22.6. The summed E-state index contributed by atoms with van der Waals surface area (Å²) in [5, 5.41) is 10.5. The van der Waals surface area contributed by atoms with Crippen LogP contribution in [0.1, 0.15) is 106 Å². The van der Waals surface area contributed by atoms with Crippen molar-refractivity contribution in [3.63, 3.8) is 0 Å². The third-order valence-electron chi connectivity index (χ3n) is 10.9. The van der Waals surface area contributed by atoms with Gasteiger partial charge in [-0.3, -0.25) is 0 Å². The maximum absolute atomic E-state index is 10.5. The molecule has 0 saturated heterocycles. The van der Waals surface area contributed by atoms with Crippen LogP contribution >= 0.6 is 0 Å². The molecule has 0 radical (unpaired) electrons. The Labute approximate surface area is 186 Å². The molecule has 0 bridgehead atoms. The fourth-order valence-corrected chi connectivity index (χ4v) is 8.26. The van der Waals surface area contributed by atoms with Gasteiger partial charge in [-0.05, 0) is 102 Å². The Bertz CT molecular complexity index is 714. The van der Waals surface area contributed by atoms with E-state index in [0.717, 1.165) is 30.1 Å². The van der Waals surface area contributed by atoms with Crippen LogP contribution in [-0.2, 0) is 0 Å². The van der Waals surface area contributed by atoms with Gasteiger partial charge in [-0.1, -0.05) is 73.0 Å². The molecule has 0 aromatic carbocycles. The molecule has 4 aliphatic rings. The second kappa shape index (κ2) is 8.09. The maximum atomic E-state index is 10.5. The molecular weight excluding hydrogens is 364 g/mol. The van der Waals surface area contributed by atoms with Gasteiger partial charge in [-0.15, -0.1) is 0 Å². The van der Waals surface area contributed by atoms with Gasteiger partial charge >= 0.3 is 0 Å². The van der Waals surface area contributed by atoms with Gasteiger partial charge in [0.15, 0.2) is 0 Å². The normalized spacial score (nSPS) is 43.0. The van der Waals surface area contributed by atoms with Crippen LogP contribution in [0, 0.1) is 46.3 Å². The highest BCUT2D eigenvalue weighted by atomic mass is 16.3. The zero-order chi connectivity index (χ0) is 21.8. The molecule has 4 rings (SSSR count). The molecule has 170 valence electrons. The summed E-state index contributed by atoms with van der Waals surface area (Å²) in [6.07, 6.45) is 14.1.